The largest absolute Gasteiger partial charge is 0.490 e. The molecule has 2 rings (SSSR count). The van der Waals surface area contributed by atoms with E-state index in [9.17, 15) is 14.0 Å². The predicted octanol–water partition coefficient (Wildman–Crippen LogP) is 3.73. The van der Waals surface area contributed by atoms with E-state index >= 15 is 0 Å². The van der Waals surface area contributed by atoms with Crippen molar-refractivity contribution in [2.75, 3.05) is 25.1 Å². The van der Waals surface area contributed by atoms with Crippen molar-refractivity contribution < 1.29 is 28.2 Å². The Bertz CT molecular complexity index is 822. The Labute approximate surface area is 157 Å². The summed E-state index contributed by atoms with van der Waals surface area (Å²) in [7, 11) is 0. The minimum atomic E-state index is -0.677. The van der Waals surface area contributed by atoms with Gasteiger partial charge in [-0.1, -0.05) is 6.07 Å². The van der Waals surface area contributed by atoms with Crippen LogP contribution in [-0.4, -0.2) is 31.7 Å². The second-order valence-electron chi connectivity index (χ2n) is 5.62. The van der Waals surface area contributed by atoms with Gasteiger partial charge in [0.1, 0.15) is 5.82 Å². The molecule has 0 aliphatic rings. The van der Waals surface area contributed by atoms with E-state index in [1.165, 1.54) is 18.2 Å². The zero-order valence-corrected chi connectivity index (χ0v) is 15.5. The fourth-order valence-corrected chi connectivity index (χ4v) is 2.26. The minimum absolute atomic E-state index is 0.232. The van der Waals surface area contributed by atoms with Crippen molar-refractivity contribution >= 4 is 17.6 Å². The number of anilines is 1. The Kier molecular flexibility index (Phi) is 7.16. The standard InChI is InChI=1S/C20H22FNO5/c1-4-25-17-9-7-14(10-18(17)26-5-2)20(24)27-12-19(23)22-15-8-6-13(3)16(21)11-15/h6-11H,4-5,12H2,1-3H3,(H,22,23). The number of hydrogen-bond acceptors (Lipinski definition) is 5. The van der Waals surface area contributed by atoms with E-state index in [1.54, 1.807) is 25.1 Å². The van der Waals surface area contributed by atoms with Gasteiger partial charge in [-0.25, -0.2) is 9.18 Å². The molecule has 1 amide bonds. The molecule has 0 aliphatic heterocycles. The first-order valence-corrected chi connectivity index (χ1v) is 8.57. The van der Waals surface area contributed by atoms with E-state index in [4.69, 9.17) is 14.2 Å². The molecule has 6 nitrogen and oxygen atoms in total. The Morgan fingerprint density at radius 1 is 1.00 bits per heavy atom. The summed E-state index contributed by atoms with van der Waals surface area (Å²) in [5.41, 5.74) is 0.995. The first-order valence-electron chi connectivity index (χ1n) is 8.57. The molecule has 0 aliphatic carbocycles. The summed E-state index contributed by atoms with van der Waals surface area (Å²) in [5, 5.41) is 2.47. The van der Waals surface area contributed by atoms with Crippen LogP contribution in [-0.2, 0) is 9.53 Å². The maximum absolute atomic E-state index is 13.5. The second-order valence-corrected chi connectivity index (χ2v) is 5.62. The molecule has 0 aromatic heterocycles. The third-order valence-electron chi connectivity index (χ3n) is 3.57. The van der Waals surface area contributed by atoms with Crippen LogP contribution >= 0.6 is 0 Å². The number of carbonyl (C=O) groups excluding carboxylic acids is 2. The topological polar surface area (TPSA) is 73.9 Å². The van der Waals surface area contributed by atoms with Crippen molar-refractivity contribution in [3.8, 4) is 11.5 Å². The molecule has 1 N–H and O–H groups in total. The van der Waals surface area contributed by atoms with Gasteiger partial charge in [0.25, 0.3) is 5.91 Å². The Morgan fingerprint density at radius 3 is 2.37 bits per heavy atom. The normalized spacial score (nSPS) is 10.2. The van der Waals surface area contributed by atoms with Gasteiger partial charge >= 0.3 is 5.97 Å². The lowest BCUT2D eigenvalue weighted by Gasteiger charge is -2.12. The number of hydrogen-bond donors (Lipinski definition) is 1. The number of carbonyl (C=O) groups is 2. The third kappa shape index (κ3) is 5.70. The van der Waals surface area contributed by atoms with E-state index in [0.717, 1.165) is 0 Å². The molecule has 144 valence electrons. The van der Waals surface area contributed by atoms with Gasteiger partial charge in [-0.15, -0.1) is 0 Å². The molecule has 0 heterocycles. The SMILES string of the molecule is CCOc1ccc(C(=O)OCC(=O)Nc2ccc(C)c(F)c2)cc1OCC. The molecule has 2 aromatic carbocycles. The first-order chi connectivity index (χ1) is 12.9. The average molecular weight is 375 g/mol. The van der Waals surface area contributed by atoms with Crippen LogP contribution in [0.25, 0.3) is 0 Å². The van der Waals surface area contributed by atoms with Crippen LogP contribution in [0.3, 0.4) is 0 Å². The lowest BCUT2D eigenvalue weighted by atomic mass is 10.2. The van der Waals surface area contributed by atoms with Gasteiger partial charge in [-0.2, -0.15) is 0 Å². The molecule has 2 aromatic rings. The monoisotopic (exact) mass is 375 g/mol. The van der Waals surface area contributed by atoms with Gasteiger partial charge in [0.2, 0.25) is 0 Å². The average Bonchev–Trinajstić information content (AvgIpc) is 2.64. The maximum atomic E-state index is 13.5. The number of halogens is 1. The van der Waals surface area contributed by atoms with Crippen molar-refractivity contribution in [2.24, 2.45) is 0 Å². The fraction of sp³-hybridized carbons (Fsp3) is 0.300. The number of rotatable bonds is 8. The molecular formula is C20H22FNO5. The number of benzene rings is 2. The summed E-state index contributed by atoms with van der Waals surface area (Å²) in [5.74, 6) is -0.724. The van der Waals surface area contributed by atoms with Gasteiger partial charge in [-0.05, 0) is 56.7 Å². The van der Waals surface area contributed by atoms with Crippen LogP contribution < -0.4 is 14.8 Å². The Balaban J connectivity index is 1.97. The molecule has 0 bridgehead atoms. The Hall–Kier alpha value is -3.09. The lowest BCUT2D eigenvalue weighted by Crippen LogP contribution is -2.21. The van der Waals surface area contributed by atoms with Gasteiger partial charge in [-0.3, -0.25) is 4.79 Å². The molecule has 0 fully saturated rings. The quantitative estimate of drug-likeness (QED) is 0.712. The highest BCUT2D eigenvalue weighted by Crippen LogP contribution is 2.28. The summed E-state index contributed by atoms with van der Waals surface area (Å²) < 4.78 is 29.4. The lowest BCUT2D eigenvalue weighted by molar-refractivity contribution is -0.119. The number of amides is 1. The highest BCUT2D eigenvalue weighted by Gasteiger charge is 2.14. The van der Waals surface area contributed by atoms with Crippen LogP contribution in [0, 0.1) is 12.7 Å². The summed E-state index contributed by atoms with van der Waals surface area (Å²) in [6, 6.07) is 8.97. The molecule has 0 saturated heterocycles. The molecule has 0 radical (unpaired) electrons. The Morgan fingerprint density at radius 2 is 1.70 bits per heavy atom. The van der Waals surface area contributed by atoms with Gasteiger partial charge in [0.15, 0.2) is 18.1 Å². The molecule has 7 heteroatoms. The molecule has 0 atom stereocenters. The van der Waals surface area contributed by atoms with E-state index < -0.39 is 24.3 Å². The van der Waals surface area contributed by atoms with Crippen LogP contribution in [0.1, 0.15) is 29.8 Å². The van der Waals surface area contributed by atoms with E-state index in [0.29, 0.717) is 36.0 Å². The highest BCUT2D eigenvalue weighted by molar-refractivity contribution is 5.95. The molecule has 27 heavy (non-hydrogen) atoms. The van der Waals surface area contributed by atoms with E-state index in [1.807, 2.05) is 13.8 Å². The molecule has 0 saturated carbocycles. The van der Waals surface area contributed by atoms with E-state index in [-0.39, 0.29) is 5.56 Å². The summed E-state index contributed by atoms with van der Waals surface area (Å²) in [6.45, 7) is 5.66. The van der Waals surface area contributed by atoms with Crippen molar-refractivity contribution in [3.05, 3.63) is 53.3 Å². The zero-order chi connectivity index (χ0) is 19.8. The first kappa shape index (κ1) is 20.2. The van der Waals surface area contributed by atoms with Crippen LogP contribution in [0.5, 0.6) is 11.5 Å². The van der Waals surface area contributed by atoms with Crippen molar-refractivity contribution in [3.63, 3.8) is 0 Å². The summed E-state index contributed by atoms with van der Waals surface area (Å²) in [6.07, 6.45) is 0. The number of ether oxygens (including phenoxy) is 3. The van der Waals surface area contributed by atoms with Crippen LogP contribution in [0.4, 0.5) is 10.1 Å². The zero-order valence-electron chi connectivity index (χ0n) is 15.5. The second kappa shape index (κ2) is 9.56. The molecule has 0 unspecified atom stereocenters. The minimum Gasteiger partial charge on any atom is -0.490 e. The maximum Gasteiger partial charge on any atom is 0.338 e. The van der Waals surface area contributed by atoms with Gasteiger partial charge in [0.05, 0.1) is 18.8 Å². The van der Waals surface area contributed by atoms with E-state index in [2.05, 4.69) is 5.32 Å². The van der Waals surface area contributed by atoms with Crippen LogP contribution in [0.15, 0.2) is 36.4 Å². The highest BCUT2D eigenvalue weighted by atomic mass is 19.1. The summed E-state index contributed by atoms with van der Waals surface area (Å²) in [4.78, 5) is 24.1. The molecule has 0 spiro atoms. The summed E-state index contributed by atoms with van der Waals surface area (Å²) >= 11 is 0. The van der Waals surface area contributed by atoms with Crippen molar-refractivity contribution in [2.45, 2.75) is 20.8 Å². The molecular weight excluding hydrogens is 353 g/mol. The van der Waals surface area contributed by atoms with Crippen molar-refractivity contribution in [1.82, 2.24) is 0 Å². The van der Waals surface area contributed by atoms with Gasteiger partial charge < -0.3 is 19.5 Å². The van der Waals surface area contributed by atoms with Crippen LogP contribution in [0.2, 0.25) is 0 Å². The third-order valence-corrected chi connectivity index (χ3v) is 3.57. The smallest absolute Gasteiger partial charge is 0.338 e. The fourth-order valence-electron chi connectivity index (χ4n) is 2.26. The number of esters is 1. The number of aryl methyl sites for hydroxylation is 1. The van der Waals surface area contributed by atoms with Gasteiger partial charge in [0, 0.05) is 5.69 Å². The number of nitrogens with one attached hydrogen (secondary N) is 1. The predicted molar refractivity (Wildman–Crippen MR) is 98.8 cm³/mol. The van der Waals surface area contributed by atoms with Crippen molar-refractivity contribution in [1.29, 1.82) is 0 Å².